The third kappa shape index (κ3) is 3.97. The van der Waals surface area contributed by atoms with Gasteiger partial charge in [0.05, 0.1) is 6.04 Å². The van der Waals surface area contributed by atoms with Gasteiger partial charge in [0.2, 0.25) is 0 Å². The molecule has 1 aliphatic carbocycles. The molecule has 0 amide bonds. The lowest BCUT2D eigenvalue weighted by Gasteiger charge is -2.17. The highest BCUT2D eigenvalue weighted by Crippen LogP contribution is 2.21. The Morgan fingerprint density at radius 2 is 2.07 bits per heavy atom. The number of nitrogens with two attached hydrogens (primary N) is 1. The number of amidine groups is 1. The number of rotatable bonds is 1. The first-order valence-electron chi connectivity index (χ1n) is 4.63. The molecule has 14 heavy (non-hydrogen) atoms. The van der Waals surface area contributed by atoms with Crippen molar-refractivity contribution in [1.82, 2.24) is 0 Å². The molecule has 6 heteroatoms. The van der Waals surface area contributed by atoms with Gasteiger partial charge < -0.3 is 10.6 Å². The van der Waals surface area contributed by atoms with Crippen LogP contribution in [0.2, 0.25) is 0 Å². The summed E-state index contributed by atoms with van der Waals surface area (Å²) in [5.74, 6) is 0. The van der Waals surface area contributed by atoms with Crippen LogP contribution in [0, 0.1) is 5.41 Å². The van der Waals surface area contributed by atoms with Crippen molar-refractivity contribution in [1.29, 1.82) is 5.41 Å². The van der Waals surface area contributed by atoms with E-state index in [0.29, 0.717) is 0 Å². The van der Waals surface area contributed by atoms with E-state index in [-0.39, 0.29) is 16.4 Å². The van der Waals surface area contributed by atoms with Crippen molar-refractivity contribution in [3.8, 4) is 0 Å². The van der Waals surface area contributed by atoms with Gasteiger partial charge in [0.15, 0.2) is 5.17 Å². The van der Waals surface area contributed by atoms with Gasteiger partial charge in [-0.3, -0.25) is 5.41 Å². The van der Waals surface area contributed by atoms with E-state index in [1.807, 2.05) is 0 Å². The van der Waals surface area contributed by atoms with Crippen molar-refractivity contribution in [2.24, 2.45) is 10.7 Å². The highest BCUT2D eigenvalue weighted by Gasteiger charge is 2.14. The van der Waals surface area contributed by atoms with Crippen LogP contribution in [0.25, 0.3) is 0 Å². The molecule has 80 valence electrons. The molecule has 0 unspecified atom stereocenters. The van der Waals surface area contributed by atoms with Crippen LogP contribution in [0.1, 0.15) is 32.1 Å². The second-order valence-corrected chi connectivity index (χ2v) is 4.24. The third-order valence-electron chi connectivity index (χ3n) is 2.14. The summed E-state index contributed by atoms with van der Waals surface area (Å²) >= 11 is 0.832. The fourth-order valence-electron chi connectivity index (χ4n) is 1.52. The molecule has 0 atom stereocenters. The zero-order valence-electron chi connectivity index (χ0n) is 7.90. The number of hydrogen-bond donors (Lipinski definition) is 3. The zero-order valence-corrected chi connectivity index (χ0v) is 8.72. The summed E-state index contributed by atoms with van der Waals surface area (Å²) in [6.45, 7) is 0. The Bertz CT molecular complexity index is 227. The first-order valence-corrected chi connectivity index (χ1v) is 5.45. The molecule has 0 aromatic carbocycles. The summed E-state index contributed by atoms with van der Waals surface area (Å²) in [5, 5.41) is 15.5. The van der Waals surface area contributed by atoms with E-state index < -0.39 is 0 Å². The summed E-state index contributed by atoms with van der Waals surface area (Å²) < 4.78 is 0. The Morgan fingerprint density at radius 1 is 1.43 bits per heavy atom. The van der Waals surface area contributed by atoms with Gasteiger partial charge in [-0.05, 0) is 12.8 Å². The Hall–Kier alpha value is -0.750. The standard InChI is InChI=1S/C8H15N3O2S/c9-7(10)14-8(13-12)11-6-4-2-1-3-5-6/h6,12H,1-5H2,(H3,9,10). The molecule has 0 radical (unpaired) electrons. The van der Waals surface area contributed by atoms with Crippen molar-refractivity contribution in [2.45, 2.75) is 38.1 Å². The Balaban J connectivity index is 2.47. The average molecular weight is 217 g/mol. The SMILES string of the molecule is N=C(N)SC(=NC1CCCCC1)OO. The maximum absolute atomic E-state index is 8.50. The van der Waals surface area contributed by atoms with Gasteiger partial charge in [0.25, 0.3) is 5.23 Å². The van der Waals surface area contributed by atoms with Gasteiger partial charge in [0.1, 0.15) is 0 Å². The average Bonchev–Trinajstić information content (AvgIpc) is 2.17. The highest BCUT2D eigenvalue weighted by atomic mass is 32.2. The molecule has 0 aromatic rings. The largest absolute Gasteiger partial charge is 0.378 e. The van der Waals surface area contributed by atoms with Crippen LogP contribution in [-0.4, -0.2) is 21.7 Å². The molecular weight excluding hydrogens is 202 g/mol. The lowest BCUT2D eigenvalue weighted by atomic mass is 9.96. The molecule has 5 nitrogen and oxygen atoms in total. The van der Waals surface area contributed by atoms with E-state index in [0.717, 1.165) is 37.4 Å². The summed E-state index contributed by atoms with van der Waals surface area (Å²) in [6, 6.07) is 0.206. The van der Waals surface area contributed by atoms with Crippen LogP contribution in [0.15, 0.2) is 4.99 Å². The lowest BCUT2D eigenvalue weighted by Crippen LogP contribution is -2.15. The predicted molar refractivity (Wildman–Crippen MR) is 57.5 cm³/mol. The van der Waals surface area contributed by atoms with Crippen LogP contribution in [0.4, 0.5) is 0 Å². The number of aliphatic imine (C=N–C) groups is 1. The van der Waals surface area contributed by atoms with E-state index in [4.69, 9.17) is 16.4 Å². The minimum Gasteiger partial charge on any atom is -0.378 e. The van der Waals surface area contributed by atoms with Crippen molar-refractivity contribution in [3.63, 3.8) is 0 Å². The molecule has 1 rings (SSSR count). The van der Waals surface area contributed by atoms with Crippen molar-refractivity contribution in [3.05, 3.63) is 0 Å². The topological polar surface area (TPSA) is 91.7 Å². The number of nitrogens with one attached hydrogen (secondary N) is 1. The number of hydrogen-bond acceptors (Lipinski definition) is 5. The van der Waals surface area contributed by atoms with Crippen LogP contribution in [0.5, 0.6) is 0 Å². The molecule has 0 aromatic heterocycles. The summed E-state index contributed by atoms with van der Waals surface area (Å²) in [6.07, 6.45) is 5.62. The normalized spacial score (nSPS) is 19.4. The van der Waals surface area contributed by atoms with E-state index in [2.05, 4.69) is 9.88 Å². The van der Waals surface area contributed by atoms with E-state index in [1.165, 1.54) is 6.42 Å². The Morgan fingerprint density at radius 3 is 2.57 bits per heavy atom. The molecule has 0 spiro atoms. The fourth-order valence-corrected chi connectivity index (χ4v) is 1.95. The maximum atomic E-state index is 8.50. The third-order valence-corrected chi connectivity index (χ3v) is 2.71. The molecular formula is C8H15N3O2S. The molecule has 0 aliphatic heterocycles. The predicted octanol–water partition coefficient (Wildman–Crippen LogP) is 1.79. The van der Waals surface area contributed by atoms with Crippen molar-refractivity contribution in [2.75, 3.05) is 0 Å². The van der Waals surface area contributed by atoms with Gasteiger partial charge in [-0.1, -0.05) is 19.3 Å². The minimum absolute atomic E-state index is 0.0735. The Labute approximate surface area is 87.2 Å². The summed E-state index contributed by atoms with van der Waals surface area (Å²) in [7, 11) is 0. The van der Waals surface area contributed by atoms with Crippen LogP contribution >= 0.6 is 11.8 Å². The van der Waals surface area contributed by atoms with E-state index in [1.54, 1.807) is 0 Å². The summed E-state index contributed by atoms with van der Waals surface area (Å²) in [4.78, 5) is 8.24. The quantitative estimate of drug-likeness (QED) is 0.270. The number of nitrogens with zero attached hydrogens (tertiary/aromatic N) is 1. The molecule has 1 aliphatic rings. The Kier molecular flexibility index (Phi) is 4.75. The van der Waals surface area contributed by atoms with Crippen molar-refractivity contribution < 1.29 is 10.1 Å². The molecule has 0 saturated heterocycles. The molecule has 0 bridgehead atoms. The molecule has 1 saturated carbocycles. The second-order valence-electron chi connectivity index (χ2n) is 3.24. The second kappa shape index (κ2) is 5.87. The van der Waals surface area contributed by atoms with Crippen LogP contribution in [0.3, 0.4) is 0 Å². The molecule has 1 fully saturated rings. The number of thioether (sulfide) groups is 1. The van der Waals surface area contributed by atoms with Gasteiger partial charge in [-0.2, -0.15) is 0 Å². The van der Waals surface area contributed by atoms with Crippen LogP contribution < -0.4 is 5.73 Å². The van der Waals surface area contributed by atoms with Crippen LogP contribution in [-0.2, 0) is 4.89 Å². The monoisotopic (exact) mass is 217 g/mol. The van der Waals surface area contributed by atoms with E-state index in [9.17, 15) is 0 Å². The summed E-state index contributed by atoms with van der Waals surface area (Å²) in [5.41, 5.74) is 5.15. The van der Waals surface area contributed by atoms with Gasteiger partial charge in [-0.25, -0.2) is 10.2 Å². The van der Waals surface area contributed by atoms with Crippen molar-refractivity contribution >= 4 is 22.2 Å². The van der Waals surface area contributed by atoms with Gasteiger partial charge >= 0.3 is 0 Å². The zero-order chi connectivity index (χ0) is 10.4. The maximum Gasteiger partial charge on any atom is 0.294 e. The first-order chi connectivity index (χ1) is 6.72. The molecule has 0 heterocycles. The fraction of sp³-hybridized carbons (Fsp3) is 0.750. The lowest BCUT2D eigenvalue weighted by molar-refractivity contribution is -0.150. The van der Waals surface area contributed by atoms with E-state index >= 15 is 0 Å². The molecule has 4 N–H and O–H groups in total. The smallest absolute Gasteiger partial charge is 0.294 e. The minimum atomic E-state index is -0.131. The highest BCUT2D eigenvalue weighted by molar-refractivity contribution is 8.26. The van der Waals surface area contributed by atoms with Gasteiger partial charge in [-0.15, -0.1) is 0 Å². The van der Waals surface area contributed by atoms with Gasteiger partial charge in [0, 0.05) is 11.8 Å². The first kappa shape index (κ1) is 11.3.